The lowest BCUT2D eigenvalue weighted by Gasteiger charge is -2.30. The Morgan fingerprint density at radius 2 is 0.900 bits per heavy atom. The van der Waals surface area contributed by atoms with E-state index in [1.165, 1.54) is 49.6 Å². The predicted molar refractivity (Wildman–Crippen MR) is 216 cm³/mol. The summed E-state index contributed by atoms with van der Waals surface area (Å²) in [6, 6.07) is 56.8. The van der Waals surface area contributed by atoms with Crippen molar-refractivity contribution in [3.05, 3.63) is 206 Å². The fourth-order valence-corrected chi connectivity index (χ4v) is 7.06. The third-order valence-corrected chi connectivity index (χ3v) is 9.70. The van der Waals surface area contributed by atoms with Crippen LogP contribution >= 0.6 is 0 Å². The van der Waals surface area contributed by atoms with Gasteiger partial charge in [0.1, 0.15) is 0 Å². The van der Waals surface area contributed by atoms with Gasteiger partial charge in [0.15, 0.2) is 0 Å². The Morgan fingerprint density at radius 3 is 1.40 bits per heavy atom. The van der Waals surface area contributed by atoms with Gasteiger partial charge in [0.25, 0.3) is 0 Å². The SMILES string of the molecule is C=CC1=CC=C(N(c2ccc(-c3ccc(N(c4ccc(C=C)cc4)c4cccc5ccccc45)cc3)cc2)c2cccc3ccccc23)CC1. The highest BCUT2D eigenvalue weighted by molar-refractivity contribution is 5.99. The Hall–Kier alpha value is -6.38. The molecule has 0 saturated carbocycles. The summed E-state index contributed by atoms with van der Waals surface area (Å²) in [6.45, 7) is 7.95. The Morgan fingerprint density at radius 1 is 0.420 bits per heavy atom. The normalized spacial score (nSPS) is 12.6. The van der Waals surface area contributed by atoms with Gasteiger partial charge in [-0.15, -0.1) is 0 Å². The topological polar surface area (TPSA) is 6.48 Å². The van der Waals surface area contributed by atoms with Gasteiger partial charge < -0.3 is 9.80 Å². The molecule has 240 valence electrons. The van der Waals surface area contributed by atoms with Crippen molar-refractivity contribution in [1.29, 1.82) is 0 Å². The minimum Gasteiger partial charge on any atom is -0.314 e. The van der Waals surface area contributed by atoms with Crippen LogP contribution in [0.3, 0.4) is 0 Å². The van der Waals surface area contributed by atoms with Crippen LogP contribution in [0.25, 0.3) is 38.7 Å². The van der Waals surface area contributed by atoms with Crippen molar-refractivity contribution in [1.82, 2.24) is 0 Å². The van der Waals surface area contributed by atoms with Gasteiger partial charge in [-0.05, 0) is 100 Å². The fraction of sp³-hybridized carbons (Fsp3) is 0.0417. The molecule has 8 rings (SSSR count). The Balaban J connectivity index is 1.16. The highest BCUT2D eigenvalue weighted by Crippen LogP contribution is 2.41. The zero-order valence-electron chi connectivity index (χ0n) is 28.0. The number of rotatable bonds is 9. The van der Waals surface area contributed by atoms with Gasteiger partial charge in [-0.3, -0.25) is 0 Å². The Bertz CT molecular complexity index is 2380. The van der Waals surface area contributed by atoms with Crippen molar-refractivity contribution < 1.29 is 0 Å². The molecule has 1 aliphatic rings. The molecule has 0 aromatic heterocycles. The van der Waals surface area contributed by atoms with Crippen molar-refractivity contribution in [2.24, 2.45) is 0 Å². The standard InChI is InChI=1S/C48H38N2/c1-3-35-19-27-41(28-20-35)49(47-17-9-13-39-11-5-7-15-45(39)47)43-31-23-37(24-32-43)38-25-33-44(34-26-38)50(42-29-21-36(4-2)22-30-42)48-18-10-14-40-12-6-8-16-46(40)48/h3-21,23-29,31-34H,1-2,22,30H2. The van der Waals surface area contributed by atoms with Crippen molar-refractivity contribution >= 4 is 56.1 Å². The molecule has 0 fully saturated rings. The van der Waals surface area contributed by atoms with Crippen LogP contribution in [0.4, 0.5) is 28.4 Å². The largest absolute Gasteiger partial charge is 0.314 e. The molecule has 0 spiro atoms. The van der Waals surface area contributed by atoms with E-state index < -0.39 is 0 Å². The minimum atomic E-state index is 0.952. The first-order valence-corrected chi connectivity index (χ1v) is 17.2. The summed E-state index contributed by atoms with van der Waals surface area (Å²) in [4.78, 5) is 4.76. The number of hydrogen-bond acceptors (Lipinski definition) is 2. The van der Waals surface area contributed by atoms with E-state index in [4.69, 9.17) is 0 Å². The molecule has 7 aromatic carbocycles. The Labute approximate surface area is 294 Å². The highest BCUT2D eigenvalue weighted by atomic mass is 15.2. The zero-order valence-corrected chi connectivity index (χ0v) is 28.0. The van der Waals surface area contributed by atoms with Crippen molar-refractivity contribution in [3.8, 4) is 11.1 Å². The first-order valence-electron chi connectivity index (χ1n) is 17.2. The van der Waals surface area contributed by atoms with Gasteiger partial charge in [0, 0.05) is 33.5 Å². The summed E-state index contributed by atoms with van der Waals surface area (Å²) in [6.07, 6.45) is 10.2. The fourth-order valence-electron chi connectivity index (χ4n) is 7.06. The molecule has 7 aromatic rings. The number of allylic oxidation sites excluding steroid dienone is 5. The van der Waals surface area contributed by atoms with E-state index >= 15 is 0 Å². The number of benzene rings is 7. The number of fused-ring (bicyclic) bond motifs is 2. The average molecular weight is 643 g/mol. The quantitative estimate of drug-likeness (QED) is 0.155. The third kappa shape index (κ3) is 5.93. The molecule has 0 unspecified atom stereocenters. The summed E-state index contributed by atoms with van der Waals surface area (Å²) in [7, 11) is 0. The van der Waals surface area contributed by atoms with E-state index in [0.717, 1.165) is 41.2 Å². The molecule has 1 aliphatic carbocycles. The summed E-state index contributed by atoms with van der Waals surface area (Å²) in [5.41, 5.74) is 11.7. The van der Waals surface area contributed by atoms with Crippen LogP contribution < -0.4 is 9.80 Å². The smallest absolute Gasteiger partial charge is 0.0540 e. The molecule has 2 heteroatoms. The first kappa shape index (κ1) is 30.9. The second kappa shape index (κ2) is 13.6. The van der Waals surface area contributed by atoms with Gasteiger partial charge >= 0.3 is 0 Å². The van der Waals surface area contributed by atoms with Crippen LogP contribution in [0.5, 0.6) is 0 Å². The predicted octanol–water partition coefficient (Wildman–Crippen LogP) is 13.7. The van der Waals surface area contributed by atoms with Crippen LogP contribution in [0.1, 0.15) is 18.4 Å². The second-order valence-electron chi connectivity index (χ2n) is 12.7. The summed E-state index contributed by atoms with van der Waals surface area (Å²) < 4.78 is 0. The lowest BCUT2D eigenvalue weighted by molar-refractivity contribution is 0.893. The maximum Gasteiger partial charge on any atom is 0.0540 e. The van der Waals surface area contributed by atoms with Crippen molar-refractivity contribution in [2.75, 3.05) is 9.80 Å². The molecule has 0 saturated heterocycles. The van der Waals surface area contributed by atoms with Crippen LogP contribution in [0.2, 0.25) is 0 Å². The lowest BCUT2D eigenvalue weighted by atomic mass is 9.99. The number of hydrogen-bond donors (Lipinski definition) is 0. The highest BCUT2D eigenvalue weighted by Gasteiger charge is 2.20. The van der Waals surface area contributed by atoms with E-state index in [1.807, 2.05) is 12.2 Å². The first-order chi connectivity index (χ1) is 24.7. The van der Waals surface area contributed by atoms with Gasteiger partial charge in [-0.2, -0.15) is 0 Å². The lowest BCUT2D eigenvalue weighted by Crippen LogP contribution is -2.18. The molecule has 50 heavy (non-hydrogen) atoms. The molecule has 0 aliphatic heterocycles. The molecule has 0 atom stereocenters. The molecule has 0 radical (unpaired) electrons. The van der Waals surface area contributed by atoms with Gasteiger partial charge in [-0.25, -0.2) is 0 Å². The van der Waals surface area contributed by atoms with E-state index in [2.05, 4.69) is 193 Å². The summed E-state index contributed by atoms with van der Waals surface area (Å²) in [5.74, 6) is 0. The van der Waals surface area contributed by atoms with Crippen molar-refractivity contribution in [2.45, 2.75) is 12.8 Å². The van der Waals surface area contributed by atoms with E-state index in [9.17, 15) is 0 Å². The summed E-state index contributed by atoms with van der Waals surface area (Å²) in [5, 5.41) is 4.90. The zero-order chi connectivity index (χ0) is 33.9. The monoisotopic (exact) mass is 642 g/mol. The molecule has 0 heterocycles. The second-order valence-corrected chi connectivity index (χ2v) is 12.7. The molecule has 0 bridgehead atoms. The van der Waals surface area contributed by atoms with Crippen LogP contribution in [0.15, 0.2) is 200 Å². The van der Waals surface area contributed by atoms with Crippen molar-refractivity contribution in [3.63, 3.8) is 0 Å². The van der Waals surface area contributed by atoms with Gasteiger partial charge in [0.2, 0.25) is 0 Å². The van der Waals surface area contributed by atoms with E-state index in [1.54, 1.807) is 0 Å². The summed E-state index contributed by atoms with van der Waals surface area (Å²) >= 11 is 0. The van der Waals surface area contributed by atoms with Crippen LogP contribution in [-0.4, -0.2) is 0 Å². The average Bonchev–Trinajstić information content (AvgIpc) is 3.19. The molecule has 0 amide bonds. The molecule has 0 N–H and O–H groups in total. The van der Waals surface area contributed by atoms with Gasteiger partial charge in [-0.1, -0.05) is 141 Å². The maximum absolute atomic E-state index is 4.00. The Kier molecular flexibility index (Phi) is 8.42. The van der Waals surface area contributed by atoms with E-state index in [-0.39, 0.29) is 0 Å². The van der Waals surface area contributed by atoms with Crippen LogP contribution in [-0.2, 0) is 0 Å². The molecular weight excluding hydrogens is 605 g/mol. The van der Waals surface area contributed by atoms with Gasteiger partial charge in [0.05, 0.1) is 11.4 Å². The molecule has 2 nitrogen and oxygen atoms in total. The molecular formula is C48H38N2. The minimum absolute atomic E-state index is 0.952. The van der Waals surface area contributed by atoms with E-state index in [0.29, 0.717) is 0 Å². The number of nitrogens with zero attached hydrogens (tertiary/aromatic N) is 2. The maximum atomic E-state index is 4.00. The third-order valence-electron chi connectivity index (χ3n) is 9.70. The number of anilines is 5. The van der Waals surface area contributed by atoms with Crippen LogP contribution in [0, 0.1) is 0 Å².